The van der Waals surface area contributed by atoms with Crippen molar-refractivity contribution in [3.63, 3.8) is 0 Å². The second kappa shape index (κ2) is 65.4. The summed E-state index contributed by atoms with van der Waals surface area (Å²) in [5.74, 6) is -3.63. The van der Waals surface area contributed by atoms with Gasteiger partial charge in [-0.25, -0.2) is 0 Å². The number of carbonyl (C=O) groups excluding carboxylic acids is 4. The molecule has 0 aliphatic rings. The molecule has 9 heteroatoms. The van der Waals surface area contributed by atoms with E-state index in [9.17, 15) is 39.6 Å². The molecule has 0 radical (unpaired) electrons. The van der Waals surface area contributed by atoms with E-state index in [2.05, 4.69) is 27.7 Å². The average molecular weight is 945 g/mol. The van der Waals surface area contributed by atoms with E-state index in [1.807, 2.05) is 0 Å². The van der Waals surface area contributed by atoms with Crippen molar-refractivity contribution in [3.8, 4) is 0 Å². The molecule has 0 heterocycles. The van der Waals surface area contributed by atoms with Gasteiger partial charge in [0.1, 0.15) is 0 Å². The largest absolute Gasteiger partial charge is 4.00 e. The van der Waals surface area contributed by atoms with Gasteiger partial charge in [0.2, 0.25) is 0 Å². The first-order chi connectivity index (χ1) is 29.1. The average Bonchev–Trinajstić information content (AvgIpc) is 3.21. The van der Waals surface area contributed by atoms with Crippen molar-refractivity contribution in [2.75, 3.05) is 0 Å². The van der Waals surface area contributed by atoms with Crippen LogP contribution in [-0.4, -0.2) is 23.9 Å². The van der Waals surface area contributed by atoms with Crippen LogP contribution in [0, 0.1) is 0 Å². The number of hydrogen-bond donors (Lipinski definition) is 0. The molecule has 0 atom stereocenters. The van der Waals surface area contributed by atoms with E-state index in [0.717, 1.165) is 51.4 Å². The van der Waals surface area contributed by atoms with Gasteiger partial charge in [-0.05, 0) is 51.4 Å². The summed E-state index contributed by atoms with van der Waals surface area (Å²) in [5.41, 5.74) is 0. The monoisotopic (exact) mass is 943 g/mol. The molecule has 0 rings (SSSR count). The SMILES string of the molecule is CCCCCCCCCCCCC(=O)[O-].CCCCCCCCCCCCC(=O)[O-].CCCCCCCCCCCCC(=O)[O-].CCCCCCCCCCCCC(=O)[O-].[Zr+4]. The summed E-state index contributed by atoms with van der Waals surface area (Å²) in [5, 5.41) is 40.5. The van der Waals surface area contributed by atoms with Gasteiger partial charge in [0.15, 0.2) is 0 Å². The fourth-order valence-electron chi connectivity index (χ4n) is 7.03. The number of rotatable bonds is 44. The van der Waals surface area contributed by atoms with Crippen molar-refractivity contribution < 1.29 is 65.8 Å². The predicted molar refractivity (Wildman–Crippen MR) is 246 cm³/mol. The van der Waals surface area contributed by atoms with E-state index in [-0.39, 0.29) is 51.9 Å². The number of hydrogen-bond acceptors (Lipinski definition) is 8. The molecule has 360 valence electrons. The first kappa shape index (κ1) is 68.8. The Bertz CT molecular complexity index is 717. The molecular weight excluding hydrogens is 844 g/mol. The van der Waals surface area contributed by atoms with E-state index in [0.29, 0.717) is 0 Å². The Morgan fingerprint density at radius 2 is 0.311 bits per heavy atom. The van der Waals surface area contributed by atoms with E-state index in [1.165, 1.54) is 205 Å². The zero-order valence-electron chi connectivity index (χ0n) is 40.9. The van der Waals surface area contributed by atoms with E-state index < -0.39 is 23.9 Å². The van der Waals surface area contributed by atoms with Crippen LogP contribution < -0.4 is 20.4 Å². The molecule has 0 aliphatic carbocycles. The summed E-state index contributed by atoms with van der Waals surface area (Å²) in [6, 6.07) is 0. The van der Waals surface area contributed by atoms with E-state index >= 15 is 0 Å². The van der Waals surface area contributed by atoms with Gasteiger partial charge in [-0.3, -0.25) is 0 Å². The van der Waals surface area contributed by atoms with Crippen LogP contribution in [0.1, 0.15) is 310 Å². The zero-order chi connectivity index (χ0) is 45.4. The number of carboxylic acid groups (broad SMARTS) is 4. The van der Waals surface area contributed by atoms with Crippen LogP contribution in [0.3, 0.4) is 0 Å². The van der Waals surface area contributed by atoms with E-state index in [4.69, 9.17) is 0 Å². The first-order valence-electron chi connectivity index (χ1n) is 25.9. The molecule has 8 nitrogen and oxygen atoms in total. The molecule has 0 amide bonds. The van der Waals surface area contributed by atoms with Crippen molar-refractivity contribution in [1.82, 2.24) is 0 Å². The van der Waals surface area contributed by atoms with Crippen LogP contribution in [0.25, 0.3) is 0 Å². The summed E-state index contributed by atoms with van der Waals surface area (Å²) in [4.78, 5) is 40.5. The molecule has 0 aromatic carbocycles. The smallest absolute Gasteiger partial charge is 0.550 e. The van der Waals surface area contributed by atoms with Crippen LogP contribution in [-0.2, 0) is 45.4 Å². The Hall–Kier alpha value is -1.24. The Morgan fingerprint density at radius 3 is 0.410 bits per heavy atom. The third-order valence-electron chi connectivity index (χ3n) is 10.9. The number of aliphatic carboxylic acids is 4. The third-order valence-corrected chi connectivity index (χ3v) is 10.9. The van der Waals surface area contributed by atoms with Gasteiger partial charge in [0.05, 0.1) is 0 Å². The molecule has 0 aliphatic heterocycles. The standard InChI is InChI=1S/4C13H26O2.Zr/c4*1-2-3-4-5-6-7-8-9-10-11-12-13(14)15;/h4*2-12H2,1H3,(H,14,15);/q;;;;+4/p-4. The van der Waals surface area contributed by atoms with Crippen LogP contribution >= 0.6 is 0 Å². The fourth-order valence-corrected chi connectivity index (χ4v) is 7.03. The second-order valence-electron chi connectivity index (χ2n) is 17.2. The molecule has 0 saturated heterocycles. The van der Waals surface area contributed by atoms with Gasteiger partial charge in [0.25, 0.3) is 0 Å². The molecular formula is C52H100O8Zr. The predicted octanol–water partition coefficient (Wildman–Crippen LogP) is 12.2. The minimum absolute atomic E-state index is 0. The van der Waals surface area contributed by atoms with Crippen molar-refractivity contribution in [1.29, 1.82) is 0 Å². The zero-order valence-corrected chi connectivity index (χ0v) is 43.3. The van der Waals surface area contributed by atoms with E-state index in [1.54, 1.807) is 0 Å². The Labute approximate surface area is 397 Å². The Balaban J connectivity index is -0.000000227. The van der Waals surface area contributed by atoms with Crippen molar-refractivity contribution in [3.05, 3.63) is 0 Å². The van der Waals surface area contributed by atoms with Crippen LogP contribution in [0.15, 0.2) is 0 Å². The van der Waals surface area contributed by atoms with Crippen molar-refractivity contribution >= 4 is 23.9 Å². The second-order valence-corrected chi connectivity index (χ2v) is 17.2. The third kappa shape index (κ3) is 86.6. The van der Waals surface area contributed by atoms with Gasteiger partial charge in [-0.1, -0.05) is 259 Å². The summed E-state index contributed by atoms with van der Waals surface area (Å²) in [7, 11) is 0. The molecule has 0 unspecified atom stereocenters. The number of unbranched alkanes of at least 4 members (excludes halogenated alkanes) is 36. The maximum atomic E-state index is 10.1. The molecule has 61 heavy (non-hydrogen) atoms. The summed E-state index contributed by atoms with van der Waals surface area (Å²) in [6.45, 7) is 8.93. The first-order valence-corrected chi connectivity index (χ1v) is 25.9. The number of carbonyl (C=O) groups is 4. The maximum absolute atomic E-state index is 10.1. The fraction of sp³-hybridized carbons (Fsp3) is 0.923. The van der Waals surface area contributed by atoms with Gasteiger partial charge in [0, 0.05) is 23.9 Å². The minimum Gasteiger partial charge on any atom is -0.550 e. The quantitative estimate of drug-likeness (QED) is 0.0546. The summed E-state index contributed by atoms with van der Waals surface area (Å²) in [6.07, 6.45) is 50.4. The summed E-state index contributed by atoms with van der Waals surface area (Å²) >= 11 is 0. The van der Waals surface area contributed by atoms with Gasteiger partial charge >= 0.3 is 26.2 Å². The normalized spacial score (nSPS) is 10.3. The molecule has 0 spiro atoms. The topological polar surface area (TPSA) is 161 Å². The molecule has 0 saturated carbocycles. The number of carboxylic acids is 4. The minimum atomic E-state index is -0.908. The summed E-state index contributed by atoms with van der Waals surface area (Å²) < 4.78 is 0. The van der Waals surface area contributed by atoms with Gasteiger partial charge in [-0.15, -0.1) is 0 Å². The van der Waals surface area contributed by atoms with Crippen LogP contribution in [0.2, 0.25) is 0 Å². The van der Waals surface area contributed by atoms with Gasteiger partial charge in [-0.2, -0.15) is 0 Å². The van der Waals surface area contributed by atoms with Crippen molar-refractivity contribution in [2.24, 2.45) is 0 Å². The molecule has 0 aromatic heterocycles. The van der Waals surface area contributed by atoms with Gasteiger partial charge < -0.3 is 39.6 Å². The molecule has 0 aromatic rings. The Kier molecular flexibility index (Phi) is 73.8. The maximum Gasteiger partial charge on any atom is 4.00 e. The van der Waals surface area contributed by atoms with Crippen LogP contribution in [0.4, 0.5) is 0 Å². The Morgan fingerprint density at radius 1 is 0.213 bits per heavy atom. The van der Waals surface area contributed by atoms with Crippen LogP contribution in [0.5, 0.6) is 0 Å². The molecule has 0 bridgehead atoms. The molecule has 0 N–H and O–H groups in total. The molecule has 0 fully saturated rings. The van der Waals surface area contributed by atoms with Crippen molar-refractivity contribution in [2.45, 2.75) is 310 Å².